The lowest BCUT2D eigenvalue weighted by atomic mass is 10.1. The second-order valence-corrected chi connectivity index (χ2v) is 6.38. The summed E-state index contributed by atoms with van der Waals surface area (Å²) in [6, 6.07) is 7.86. The zero-order valence-corrected chi connectivity index (χ0v) is 19.3. The van der Waals surface area contributed by atoms with E-state index in [1.807, 2.05) is 24.3 Å². The summed E-state index contributed by atoms with van der Waals surface area (Å²) in [5.74, 6) is 1.56. The van der Waals surface area contributed by atoms with E-state index in [0.717, 1.165) is 69.4 Å². The highest BCUT2D eigenvalue weighted by Gasteiger charge is 2.13. The monoisotopic (exact) mass is 507 g/mol. The van der Waals surface area contributed by atoms with E-state index in [9.17, 15) is 0 Å². The maximum absolute atomic E-state index is 5.88. The Hall–Kier alpha value is -1.10. The molecule has 1 aliphatic rings. The van der Waals surface area contributed by atoms with Gasteiger partial charge in [-0.3, -0.25) is 4.99 Å². The Bertz CT molecular complexity index is 554. The van der Waals surface area contributed by atoms with Crippen LogP contribution in [0.2, 0.25) is 0 Å². The van der Waals surface area contributed by atoms with Crippen LogP contribution in [0.5, 0.6) is 5.75 Å². The second-order valence-electron chi connectivity index (χ2n) is 6.38. The van der Waals surface area contributed by atoms with Crippen molar-refractivity contribution in [3.8, 4) is 5.75 Å². The van der Waals surface area contributed by atoms with Gasteiger partial charge in [-0.15, -0.1) is 24.0 Å². The maximum atomic E-state index is 5.88. The predicted molar refractivity (Wildman–Crippen MR) is 123 cm³/mol. The molecule has 1 aliphatic heterocycles. The summed E-state index contributed by atoms with van der Waals surface area (Å²) < 4.78 is 22.0. The lowest BCUT2D eigenvalue weighted by Crippen LogP contribution is -2.32. The summed E-state index contributed by atoms with van der Waals surface area (Å²) >= 11 is 0. The molecule has 0 saturated carbocycles. The molecule has 1 fully saturated rings. The molecule has 0 spiro atoms. The van der Waals surface area contributed by atoms with Crippen molar-refractivity contribution in [3.63, 3.8) is 0 Å². The highest BCUT2D eigenvalue weighted by atomic mass is 127. The highest BCUT2D eigenvalue weighted by molar-refractivity contribution is 14.0. The Kier molecular flexibility index (Phi) is 14.1. The van der Waals surface area contributed by atoms with Gasteiger partial charge in [0.15, 0.2) is 5.96 Å². The van der Waals surface area contributed by atoms with Crippen molar-refractivity contribution < 1.29 is 18.9 Å². The van der Waals surface area contributed by atoms with Gasteiger partial charge in [-0.1, -0.05) is 6.07 Å². The number of nitrogens with one attached hydrogen (secondary N) is 2. The smallest absolute Gasteiger partial charge is 0.195 e. The Labute approximate surface area is 185 Å². The summed E-state index contributed by atoms with van der Waals surface area (Å²) in [7, 11) is 3.46. The van der Waals surface area contributed by atoms with Crippen LogP contribution < -0.4 is 15.4 Å². The van der Waals surface area contributed by atoms with E-state index in [-0.39, 0.29) is 24.0 Å². The minimum absolute atomic E-state index is 0. The molecule has 1 heterocycles. The number of anilines is 1. The molecule has 0 aliphatic carbocycles. The molecule has 1 aromatic carbocycles. The SMILES string of the molecule is CN=C(NCCCOC1CCOCC1)Nc1cccc(OCCCOC)c1.I. The molecule has 0 atom stereocenters. The molecular formula is C20H34IN3O4. The van der Waals surface area contributed by atoms with Crippen molar-refractivity contribution in [2.24, 2.45) is 4.99 Å². The van der Waals surface area contributed by atoms with Crippen molar-refractivity contribution >= 4 is 35.6 Å². The molecule has 8 heteroatoms. The van der Waals surface area contributed by atoms with E-state index >= 15 is 0 Å². The molecule has 7 nitrogen and oxygen atoms in total. The third kappa shape index (κ3) is 10.4. The minimum Gasteiger partial charge on any atom is -0.493 e. The van der Waals surface area contributed by atoms with Crippen LogP contribution in [0.4, 0.5) is 5.69 Å². The Morgan fingerprint density at radius 2 is 2.00 bits per heavy atom. The van der Waals surface area contributed by atoms with Gasteiger partial charge in [0.1, 0.15) is 5.75 Å². The molecule has 2 rings (SSSR count). The second kappa shape index (κ2) is 15.8. The number of rotatable bonds is 11. The number of halogens is 1. The van der Waals surface area contributed by atoms with Gasteiger partial charge < -0.3 is 29.6 Å². The first-order chi connectivity index (χ1) is 13.3. The zero-order chi connectivity index (χ0) is 19.2. The van der Waals surface area contributed by atoms with Crippen LogP contribution in [-0.4, -0.2) is 65.8 Å². The molecular weight excluding hydrogens is 473 g/mol. The van der Waals surface area contributed by atoms with Gasteiger partial charge in [0.25, 0.3) is 0 Å². The van der Waals surface area contributed by atoms with Gasteiger partial charge in [-0.2, -0.15) is 0 Å². The summed E-state index contributed by atoms with van der Waals surface area (Å²) in [4.78, 5) is 4.27. The Morgan fingerprint density at radius 3 is 2.75 bits per heavy atom. The van der Waals surface area contributed by atoms with Crippen molar-refractivity contribution in [1.29, 1.82) is 0 Å². The molecule has 0 aromatic heterocycles. The predicted octanol–water partition coefficient (Wildman–Crippen LogP) is 3.29. The third-order valence-corrected chi connectivity index (χ3v) is 4.22. The molecule has 2 N–H and O–H groups in total. The van der Waals surface area contributed by atoms with Crippen LogP contribution in [0.25, 0.3) is 0 Å². The Balaban J connectivity index is 0.00000392. The van der Waals surface area contributed by atoms with Gasteiger partial charge in [0.2, 0.25) is 0 Å². The number of methoxy groups -OCH3 is 1. The van der Waals surface area contributed by atoms with Gasteiger partial charge in [-0.25, -0.2) is 0 Å². The molecule has 1 saturated heterocycles. The summed E-state index contributed by atoms with van der Waals surface area (Å²) in [5.41, 5.74) is 0.936. The van der Waals surface area contributed by atoms with Crippen LogP contribution >= 0.6 is 24.0 Å². The fourth-order valence-corrected chi connectivity index (χ4v) is 2.74. The van der Waals surface area contributed by atoms with Gasteiger partial charge >= 0.3 is 0 Å². The topological polar surface area (TPSA) is 73.3 Å². The average Bonchev–Trinajstić information content (AvgIpc) is 2.71. The number of nitrogens with zero attached hydrogens (tertiary/aromatic N) is 1. The summed E-state index contributed by atoms with van der Waals surface area (Å²) in [6.45, 7) is 4.52. The van der Waals surface area contributed by atoms with Crippen LogP contribution in [0, 0.1) is 0 Å². The minimum atomic E-state index is 0. The maximum Gasteiger partial charge on any atom is 0.195 e. The number of hydrogen-bond acceptors (Lipinski definition) is 5. The van der Waals surface area contributed by atoms with Gasteiger partial charge in [-0.05, 0) is 31.4 Å². The van der Waals surface area contributed by atoms with Gasteiger partial charge in [0, 0.05) is 65.3 Å². The molecule has 1 aromatic rings. The molecule has 160 valence electrons. The fourth-order valence-electron chi connectivity index (χ4n) is 2.74. The number of guanidine groups is 1. The van der Waals surface area contributed by atoms with E-state index < -0.39 is 0 Å². The van der Waals surface area contributed by atoms with Gasteiger partial charge in [0.05, 0.1) is 12.7 Å². The van der Waals surface area contributed by atoms with Crippen LogP contribution in [0.15, 0.2) is 29.3 Å². The first-order valence-electron chi connectivity index (χ1n) is 9.70. The molecule has 0 bridgehead atoms. The van der Waals surface area contributed by atoms with E-state index in [0.29, 0.717) is 19.3 Å². The number of hydrogen-bond donors (Lipinski definition) is 2. The first kappa shape index (κ1) is 24.9. The quantitative estimate of drug-likeness (QED) is 0.207. The third-order valence-electron chi connectivity index (χ3n) is 4.22. The lowest BCUT2D eigenvalue weighted by molar-refractivity contribution is -0.0320. The van der Waals surface area contributed by atoms with Crippen LogP contribution in [0.1, 0.15) is 25.7 Å². The van der Waals surface area contributed by atoms with E-state index in [2.05, 4.69) is 15.6 Å². The van der Waals surface area contributed by atoms with Crippen molar-refractivity contribution in [1.82, 2.24) is 5.32 Å². The highest BCUT2D eigenvalue weighted by Crippen LogP contribution is 2.17. The largest absolute Gasteiger partial charge is 0.493 e. The first-order valence-corrected chi connectivity index (χ1v) is 9.70. The molecule has 28 heavy (non-hydrogen) atoms. The van der Waals surface area contributed by atoms with Crippen LogP contribution in [0.3, 0.4) is 0 Å². The summed E-state index contributed by atoms with van der Waals surface area (Å²) in [6.07, 6.45) is 4.15. The van der Waals surface area contributed by atoms with Crippen LogP contribution in [-0.2, 0) is 14.2 Å². The normalized spacial score (nSPS) is 15.0. The summed E-state index contributed by atoms with van der Waals surface area (Å²) in [5, 5.41) is 6.60. The van der Waals surface area contributed by atoms with E-state index in [4.69, 9.17) is 18.9 Å². The zero-order valence-electron chi connectivity index (χ0n) is 16.9. The van der Waals surface area contributed by atoms with Crippen molar-refractivity contribution in [2.45, 2.75) is 31.8 Å². The standard InChI is InChI=1S/C20H33N3O4.HI/c1-21-20(22-10-4-12-26-18-8-14-25-15-9-18)23-17-6-3-7-19(16-17)27-13-5-11-24-2;/h3,6-7,16,18H,4-5,8-15H2,1-2H3,(H2,21,22,23);1H. The fraction of sp³-hybridized carbons (Fsp3) is 0.650. The van der Waals surface area contributed by atoms with Crippen molar-refractivity contribution in [2.75, 3.05) is 59.1 Å². The van der Waals surface area contributed by atoms with E-state index in [1.165, 1.54) is 0 Å². The molecule has 0 amide bonds. The number of benzene rings is 1. The number of aliphatic imine (C=N–C) groups is 1. The molecule has 0 radical (unpaired) electrons. The van der Waals surface area contributed by atoms with Crippen molar-refractivity contribution in [3.05, 3.63) is 24.3 Å². The van der Waals surface area contributed by atoms with E-state index in [1.54, 1.807) is 14.2 Å². The average molecular weight is 507 g/mol. The lowest BCUT2D eigenvalue weighted by Gasteiger charge is -2.22. The Morgan fingerprint density at radius 1 is 1.18 bits per heavy atom. The number of ether oxygens (including phenoxy) is 4. The molecule has 0 unspecified atom stereocenters.